The average Bonchev–Trinajstić information content (AvgIpc) is 2.71. The number of aliphatic hydroxyl groups is 1. The van der Waals surface area contributed by atoms with Gasteiger partial charge >= 0.3 is 0 Å². The zero-order valence-corrected chi connectivity index (χ0v) is 9.22. The Morgan fingerprint density at radius 1 is 1.44 bits per heavy atom. The highest BCUT2D eigenvalue weighted by Crippen LogP contribution is 2.18. The lowest BCUT2D eigenvalue weighted by Crippen LogP contribution is -2.10. The van der Waals surface area contributed by atoms with Crippen molar-refractivity contribution in [2.75, 3.05) is 6.61 Å². The Kier molecular flexibility index (Phi) is 2.93. The number of nitriles is 1. The van der Waals surface area contributed by atoms with Crippen LogP contribution in [-0.4, -0.2) is 16.3 Å². The zero-order valence-electron chi connectivity index (χ0n) is 9.22. The van der Waals surface area contributed by atoms with Crippen molar-refractivity contribution in [3.05, 3.63) is 36.0 Å². The molecule has 1 unspecified atom stereocenters. The predicted molar refractivity (Wildman–Crippen MR) is 62.9 cm³/mol. The zero-order chi connectivity index (χ0) is 11.5. The fraction of sp³-hybridized carbons (Fsp3) is 0.308. The van der Waals surface area contributed by atoms with Crippen LogP contribution in [0, 0.1) is 17.2 Å². The Morgan fingerprint density at radius 3 is 2.94 bits per heavy atom. The van der Waals surface area contributed by atoms with Gasteiger partial charge in [0.15, 0.2) is 0 Å². The fourth-order valence-electron chi connectivity index (χ4n) is 1.81. The van der Waals surface area contributed by atoms with Crippen LogP contribution in [0.1, 0.15) is 12.5 Å². The summed E-state index contributed by atoms with van der Waals surface area (Å²) in [4.78, 5) is 0. The standard InChI is InChI=1S/C13H14N2O/c1-10(9-16)8-15-5-4-12-3-2-11(7-14)6-13(12)15/h2-6,10,16H,8-9H2,1H3. The molecule has 0 saturated carbocycles. The molecule has 0 aliphatic rings. The van der Waals surface area contributed by atoms with Gasteiger partial charge in [0.2, 0.25) is 0 Å². The van der Waals surface area contributed by atoms with E-state index in [0.29, 0.717) is 5.56 Å². The lowest BCUT2D eigenvalue weighted by molar-refractivity contribution is 0.224. The van der Waals surface area contributed by atoms with Gasteiger partial charge in [0.05, 0.1) is 11.6 Å². The molecular formula is C13H14N2O. The molecule has 1 N–H and O–H groups in total. The first-order valence-corrected chi connectivity index (χ1v) is 5.34. The largest absolute Gasteiger partial charge is 0.396 e. The Hall–Kier alpha value is -1.79. The van der Waals surface area contributed by atoms with Crippen LogP contribution < -0.4 is 0 Å². The first-order valence-electron chi connectivity index (χ1n) is 5.34. The second-order valence-electron chi connectivity index (χ2n) is 4.14. The molecule has 1 atom stereocenters. The molecule has 0 bridgehead atoms. The average molecular weight is 214 g/mol. The lowest BCUT2D eigenvalue weighted by atomic mass is 10.1. The van der Waals surface area contributed by atoms with E-state index in [1.54, 1.807) is 0 Å². The predicted octanol–water partition coefficient (Wildman–Crippen LogP) is 2.14. The molecule has 0 aliphatic carbocycles. The van der Waals surface area contributed by atoms with Crippen LogP contribution in [0.2, 0.25) is 0 Å². The van der Waals surface area contributed by atoms with E-state index in [0.717, 1.165) is 17.4 Å². The lowest BCUT2D eigenvalue weighted by Gasteiger charge is -2.10. The van der Waals surface area contributed by atoms with Crippen LogP contribution in [0.15, 0.2) is 30.5 Å². The highest BCUT2D eigenvalue weighted by atomic mass is 16.3. The maximum Gasteiger partial charge on any atom is 0.0992 e. The van der Waals surface area contributed by atoms with E-state index in [9.17, 15) is 0 Å². The smallest absolute Gasteiger partial charge is 0.0992 e. The molecule has 1 heterocycles. The highest BCUT2D eigenvalue weighted by molar-refractivity contribution is 5.81. The van der Waals surface area contributed by atoms with E-state index >= 15 is 0 Å². The molecule has 0 aliphatic heterocycles. The third-order valence-corrected chi connectivity index (χ3v) is 2.72. The van der Waals surface area contributed by atoms with Gasteiger partial charge in [0.25, 0.3) is 0 Å². The van der Waals surface area contributed by atoms with Crippen molar-refractivity contribution in [3.8, 4) is 6.07 Å². The number of aliphatic hydroxyl groups excluding tert-OH is 1. The molecule has 0 saturated heterocycles. The summed E-state index contributed by atoms with van der Waals surface area (Å²) in [5.74, 6) is 0.223. The summed E-state index contributed by atoms with van der Waals surface area (Å²) < 4.78 is 2.08. The number of hydrogen-bond acceptors (Lipinski definition) is 2. The number of benzene rings is 1. The second-order valence-corrected chi connectivity index (χ2v) is 4.14. The van der Waals surface area contributed by atoms with Crippen LogP contribution in [0.3, 0.4) is 0 Å². The number of nitrogens with zero attached hydrogens (tertiary/aromatic N) is 2. The van der Waals surface area contributed by atoms with Crippen LogP contribution >= 0.6 is 0 Å². The SMILES string of the molecule is CC(CO)Cn1ccc2ccc(C#N)cc21. The Balaban J connectivity index is 2.42. The third-order valence-electron chi connectivity index (χ3n) is 2.72. The van der Waals surface area contributed by atoms with Gasteiger partial charge in [-0.15, -0.1) is 0 Å². The van der Waals surface area contributed by atoms with Crippen molar-refractivity contribution in [3.63, 3.8) is 0 Å². The fourth-order valence-corrected chi connectivity index (χ4v) is 1.81. The molecule has 3 nitrogen and oxygen atoms in total. The van der Waals surface area contributed by atoms with Gasteiger partial charge in [-0.05, 0) is 29.5 Å². The number of fused-ring (bicyclic) bond motifs is 1. The molecule has 3 heteroatoms. The number of rotatable bonds is 3. The van der Waals surface area contributed by atoms with Gasteiger partial charge in [0.1, 0.15) is 0 Å². The molecule has 1 aromatic heterocycles. The number of aromatic nitrogens is 1. The third kappa shape index (κ3) is 1.93. The monoisotopic (exact) mass is 214 g/mol. The molecule has 16 heavy (non-hydrogen) atoms. The molecule has 2 aromatic rings. The summed E-state index contributed by atoms with van der Waals surface area (Å²) in [7, 11) is 0. The van der Waals surface area contributed by atoms with Gasteiger partial charge in [-0.1, -0.05) is 13.0 Å². The van der Waals surface area contributed by atoms with Crippen molar-refractivity contribution >= 4 is 10.9 Å². The highest BCUT2D eigenvalue weighted by Gasteiger charge is 2.05. The van der Waals surface area contributed by atoms with Crippen LogP contribution in [-0.2, 0) is 6.54 Å². The van der Waals surface area contributed by atoms with Gasteiger partial charge in [0, 0.05) is 24.9 Å². The molecule has 0 radical (unpaired) electrons. The van der Waals surface area contributed by atoms with E-state index in [1.165, 1.54) is 0 Å². The van der Waals surface area contributed by atoms with E-state index in [1.807, 2.05) is 37.4 Å². The molecular weight excluding hydrogens is 200 g/mol. The quantitative estimate of drug-likeness (QED) is 0.851. The van der Waals surface area contributed by atoms with Crippen LogP contribution in [0.4, 0.5) is 0 Å². The number of hydrogen-bond donors (Lipinski definition) is 1. The van der Waals surface area contributed by atoms with Crippen molar-refractivity contribution in [1.82, 2.24) is 4.57 Å². The second kappa shape index (κ2) is 4.38. The van der Waals surface area contributed by atoms with Crippen molar-refractivity contribution in [1.29, 1.82) is 5.26 Å². The summed E-state index contributed by atoms with van der Waals surface area (Å²) in [6, 6.07) is 9.83. The molecule has 0 amide bonds. The van der Waals surface area contributed by atoms with Crippen molar-refractivity contribution in [2.45, 2.75) is 13.5 Å². The molecule has 0 fully saturated rings. The van der Waals surface area contributed by atoms with Gasteiger partial charge in [-0.3, -0.25) is 0 Å². The molecule has 82 valence electrons. The normalized spacial score (nSPS) is 12.6. The van der Waals surface area contributed by atoms with E-state index in [-0.39, 0.29) is 12.5 Å². The Bertz CT molecular complexity index is 536. The summed E-state index contributed by atoms with van der Waals surface area (Å²) in [6.45, 7) is 2.95. The van der Waals surface area contributed by atoms with Gasteiger partial charge < -0.3 is 9.67 Å². The van der Waals surface area contributed by atoms with Crippen molar-refractivity contribution < 1.29 is 5.11 Å². The van der Waals surface area contributed by atoms with E-state index < -0.39 is 0 Å². The van der Waals surface area contributed by atoms with Crippen molar-refractivity contribution in [2.24, 2.45) is 5.92 Å². The Morgan fingerprint density at radius 2 is 2.25 bits per heavy atom. The maximum atomic E-state index is 9.04. The van der Waals surface area contributed by atoms with Gasteiger partial charge in [-0.2, -0.15) is 5.26 Å². The minimum Gasteiger partial charge on any atom is -0.396 e. The van der Waals surface area contributed by atoms with E-state index in [2.05, 4.69) is 10.6 Å². The summed E-state index contributed by atoms with van der Waals surface area (Å²) in [5.41, 5.74) is 1.73. The Labute approximate surface area is 94.5 Å². The molecule has 2 rings (SSSR count). The minimum atomic E-state index is 0.178. The van der Waals surface area contributed by atoms with E-state index in [4.69, 9.17) is 10.4 Å². The first-order chi connectivity index (χ1) is 7.74. The summed E-state index contributed by atoms with van der Waals surface area (Å²) >= 11 is 0. The molecule has 0 spiro atoms. The summed E-state index contributed by atoms with van der Waals surface area (Å²) in [6.07, 6.45) is 2.00. The first kappa shape index (κ1) is 10.7. The topological polar surface area (TPSA) is 49.0 Å². The van der Waals surface area contributed by atoms with Gasteiger partial charge in [-0.25, -0.2) is 0 Å². The van der Waals surface area contributed by atoms with Crippen LogP contribution in [0.5, 0.6) is 0 Å². The maximum absolute atomic E-state index is 9.04. The molecule has 1 aromatic carbocycles. The minimum absolute atomic E-state index is 0.178. The van der Waals surface area contributed by atoms with Crippen LogP contribution in [0.25, 0.3) is 10.9 Å². The summed E-state index contributed by atoms with van der Waals surface area (Å²) in [5, 5.41) is 19.0.